The Kier molecular flexibility index (Phi) is 3.88. The van der Waals surface area contributed by atoms with Crippen molar-refractivity contribution in [1.29, 1.82) is 0 Å². The number of halogens is 1. The quantitative estimate of drug-likeness (QED) is 0.920. The van der Waals surface area contributed by atoms with Gasteiger partial charge in [-0.25, -0.2) is 4.39 Å². The van der Waals surface area contributed by atoms with Crippen molar-refractivity contribution >= 4 is 11.7 Å². The third-order valence-electron chi connectivity index (χ3n) is 3.31. The Morgan fingerprint density at radius 2 is 2.15 bits per heavy atom. The molecule has 2 rings (SSSR count). The SMILES string of the molecule is CCCN1C(=O)C(O)=C(C(C)=O)[C@@H]1c1cccc(F)c1. The van der Waals surface area contributed by atoms with Gasteiger partial charge in [0.1, 0.15) is 5.82 Å². The van der Waals surface area contributed by atoms with Gasteiger partial charge in [0.25, 0.3) is 5.91 Å². The van der Waals surface area contributed by atoms with Gasteiger partial charge >= 0.3 is 0 Å². The van der Waals surface area contributed by atoms with Crippen molar-refractivity contribution in [1.82, 2.24) is 4.90 Å². The highest BCUT2D eigenvalue weighted by Gasteiger charge is 2.41. The molecule has 0 aliphatic carbocycles. The molecule has 1 aromatic rings. The summed E-state index contributed by atoms with van der Waals surface area (Å²) in [5.74, 6) is -1.93. The first-order valence-electron chi connectivity index (χ1n) is 6.47. The van der Waals surface area contributed by atoms with Crippen molar-refractivity contribution in [2.24, 2.45) is 0 Å². The zero-order chi connectivity index (χ0) is 14.9. The molecule has 0 saturated carbocycles. The van der Waals surface area contributed by atoms with Gasteiger partial charge in [0.05, 0.1) is 11.6 Å². The Bertz CT molecular complexity index is 595. The molecule has 106 valence electrons. The minimum atomic E-state index is -0.712. The van der Waals surface area contributed by atoms with E-state index in [4.69, 9.17) is 0 Å². The predicted octanol–water partition coefficient (Wildman–Crippen LogP) is 2.52. The van der Waals surface area contributed by atoms with Crippen LogP contribution in [0.15, 0.2) is 35.6 Å². The van der Waals surface area contributed by atoms with Crippen LogP contribution in [0.2, 0.25) is 0 Å². The highest BCUT2D eigenvalue weighted by molar-refractivity contribution is 6.08. The van der Waals surface area contributed by atoms with Gasteiger partial charge in [0, 0.05) is 6.54 Å². The number of hydrogen-bond donors (Lipinski definition) is 1. The van der Waals surface area contributed by atoms with E-state index in [1.165, 1.54) is 30.0 Å². The predicted molar refractivity (Wildman–Crippen MR) is 71.5 cm³/mol. The first-order chi connectivity index (χ1) is 9.47. The highest BCUT2D eigenvalue weighted by Crippen LogP contribution is 2.37. The third-order valence-corrected chi connectivity index (χ3v) is 3.31. The van der Waals surface area contributed by atoms with E-state index in [-0.39, 0.29) is 11.4 Å². The van der Waals surface area contributed by atoms with Crippen molar-refractivity contribution in [3.8, 4) is 0 Å². The van der Waals surface area contributed by atoms with Crippen LogP contribution < -0.4 is 0 Å². The van der Waals surface area contributed by atoms with E-state index in [1.54, 1.807) is 6.07 Å². The molecule has 20 heavy (non-hydrogen) atoms. The summed E-state index contributed by atoms with van der Waals surface area (Å²) < 4.78 is 13.4. The number of aliphatic hydroxyl groups is 1. The lowest BCUT2D eigenvalue weighted by molar-refractivity contribution is -0.129. The fraction of sp³-hybridized carbons (Fsp3) is 0.333. The number of ketones is 1. The second-order valence-corrected chi connectivity index (χ2v) is 4.77. The third kappa shape index (κ3) is 2.31. The first-order valence-corrected chi connectivity index (χ1v) is 6.47. The maximum Gasteiger partial charge on any atom is 0.290 e. The molecular formula is C15H16FNO3. The van der Waals surface area contributed by atoms with Crippen LogP contribution in [-0.2, 0) is 9.59 Å². The largest absolute Gasteiger partial charge is 0.503 e. The van der Waals surface area contributed by atoms with Crippen molar-refractivity contribution in [2.75, 3.05) is 6.54 Å². The fourth-order valence-electron chi connectivity index (χ4n) is 2.51. The zero-order valence-corrected chi connectivity index (χ0v) is 11.4. The number of rotatable bonds is 4. The van der Waals surface area contributed by atoms with E-state index in [1.807, 2.05) is 6.92 Å². The topological polar surface area (TPSA) is 57.6 Å². The molecular weight excluding hydrogens is 261 g/mol. The normalized spacial score (nSPS) is 18.9. The molecule has 1 aliphatic rings. The second-order valence-electron chi connectivity index (χ2n) is 4.77. The van der Waals surface area contributed by atoms with Crippen LogP contribution in [0.4, 0.5) is 4.39 Å². The lowest BCUT2D eigenvalue weighted by Crippen LogP contribution is -2.31. The smallest absolute Gasteiger partial charge is 0.290 e. The number of amides is 1. The Labute approximate surface area is 116 Å². The Morgan fingerprint density at radius 3 is 2.70 bits per heavy atom. The molecule has 1 N–H and O–H groups in total. The number of benzene rings is 1. The Morgan fingerprint density at radius 1 is 1.45 bits per heavy atom. The van der Waals surface area contributed by atoms with Crippen LogP contribution in [0.5, 0.6) is 0 Å². The highest BCUT2D eigenvalue weighted by atomic mass is 19.1. The maximum absolute atomic E-state index is 13.4. The van der Waals surface area contributed by atoms with E-state index in [0.717, 1.165) is 0 Å². The molecule has 0 saturated heterocycles. The molecule has 0 radical (unpaired) electrons. The van der Waals surface area contributed by atoms with Crippen molar-refractivity contribution < 1.29 is 19.1 Å². The molecule has 1 amide bonds. The number of hydrogen-bond acceptors (Lipinski definition) is 3. The Hall–Kier alpha value is -2.17. The van der Waals surface area contributed by atoms with Crippen LogP contribution in [0.25, 0.3) is 0 Å². The zero-order valence-electron chi connectivity index (χ0n) is 11.4. The summed E-state index contributed by atoms with van der Waals surface area (Å²) in [6, 6.07) is 5.02. The van der Waals surface area contributed by atoms with Gasteiger partial charge in [-0.05, 0) is 31.0 Å². The van der Waals surface area contributed by atoms with Crippen LogP contribution in [0.1, 0.15) is 31.9 Å². The summed E-state index contributed by atoms with van der Waals surface area (Å²) >= 11 is 0. The first kappa shape index (κ1) is 14.2. The van der Waals surface area contributed by atoms with Crippen LogP contribution >= 0.6 is 0 Å². The van der Waals surface area contributed by atoms with Gasteiger partial charge < -0.3 is 10.0 Å². The van der Waals surface area contributed by atoms with Crippen molar-refractivity contribution in [3.63, 3.8) is 0 Å². The van der Waals surface area contributed by atoms with Crippen LogP contribution in [0, 0.1) is 5.82 Å². The number of nitrogens with zero attached hydrogens (tertiary/aromatic N) is 1. The van der Waals surface area contributed by atoms with Crippen molar-refractivity contribution in [2.45, 2.75) is 26.3 Å². The van der Waals surface area contributed by atoms with Gasteiger partial charge in [-0.2, -0.15) is 0 Å². The second kappa shape index (κ2) is 5.45. The molecule has 4 nitrogen and oxygen atoms in total. The molecule has 1 aromatic carbocycles. The monoisotopic (exact) mass is 277 g/mol. The van der Waals surface area contributed by atoms with Crippen LogP contribution in [0.3, 0.4) is 0 Å². The van der Waals surface area contributed by atoms with E-state index in [2.05, 4.69) is 0 Å². The molecule has 1 aliphatic heterocycles. The van der Waals surface area contributed by atoms with Crippen molar-refractivity contribution in [3.05, 3.63) is 47.0 Å². The molecule has 1 atom stereocenters. The summed E-state index contributed by atoms with van der Waals surface area (Å²) in [6.07, 6.45) is 0.677. The summed E-state index contributed by atoms with van der Waals surface area (Å²) in [7, 11) is 0. The number of aliphatic hydroxyl groups excluding tert-OH is 1. The summed E-state index contributed by atoms with van der Waals surface area (Å²) in [6.45, 7) is 3.57. The number of carbonyl (C=O) groups is 2. The average Bonchev–Trinajstić information content (AvgIpc) is 2.64. The minimum absolute atomic E-state index is 0.0362. The summed E-state index contributed by atoms with van der Waals surface area (Å²) in [4.78, 5) is 25.2. The number of carbonyl (C=O) groups excluding carboxylic acids is 2. The fourth-order valence-corrected chi connectivity index (χ4v) is 2.51. The van der Waals surface area contributed by atoms with Gasteiger partial charge in [0.15, 0.2) is 11.5 Å². The molecule has 0 unspecified atom stereocenters. The minimum Gasteiger partial charge on any atom is -0.503 e. The standard InChI is InChI=1S/C15H16FNO3/c1-3-7-17-13(10-5-4-6-11(16)8-10)12(9(2)18)14(19)15(17)20/h4-6,8,13,19H,3,7H2,1-2H3/t13-/m0/s1. The molecule has 0 aromatic heterocycles. The van der Waals surface area contributed by atoms with E-state index < -0.39 is 23.5 Å². The maximum atomic E-state index is 13.4. The van der Waals surface area contributed by atoms with Gasteiger partial charge in [-0.1, -0.05) is 19.1 Å². The van der Waals surface area contributed by atoms with E-state index in [9.17, 15) is 19.1 Å². The van der Waals surface area contributed by atoms with Gasteiger partial charge in [-0.15, -0.1) is 0 Å². The number of Topliss-reactive ketones (excluding diaryl/α,β-unsaturated/α-hetero) is 1. The van der Waals surface area contributed by atoms with Gasteiger partial charge in [-0.3, -0.25) is 9.59 Å². The summed E-state index contributed by atoms with van der Waals surface area (Å²) in [5.41, 5.74) is 0.523. The molecule has 0 fully saturated rings. The van der Waals surface area contributed by atoms with E-state index >= 15 is 0 Å². The Balaban J connectivity index is 2.54. The molecule has 0 bridgehead atoms. The lowest BCUT2D eigenvalue weighted by Gasteiger charge is -2.26. The van der Waals surface area contributed by atoms with Gasteiger partial charge in [0.2, 0.25) is 0 Å². The molecule has 1 heterocycles. The molecule has 5 heteroatoms. The lowest BCUT2D eigenvalue weighted by atomic mass is 9.96. The molecule has 0 spiro atoms. The average molecular weight is 277 g/mol. The van der Waals surface area contributed by atoms with Crippen LogP contribution in [-0.4, -0.2) is 28.2 Å². The summed E-state index contributed by atoms with van der Waals surface area (Å²) in [5, 5.41) is 9.90. The van der Waals surface area contributed by atoms with E-state index in [0.29, 0.717) is 18.5 Å².